The van der Waals surface area contributed by atoms with E-state index >= 15 is 0 Å². The Labute approximate surface area is 173 Å². The van der Waals surface area contributed by atoms with E-state index in [1.54, 1.807) is 19.1 Å². The van der Waals surface area contributed by atoms with Crippen LogP contribution in [0.1, 0.15) is 52.1 Å². The van der Waals surface area contributed by atoms with Crippen molar-refractivity contribution < 1.29 is 18.7 Å². The second-order valence-corrected chi connectivity index (χ2v) is 7.87. The van der Waals surface area contributed by atoms with E-state index in [0.717, 1.165) is 37.0 Å². The Morgan fingerprint density at radius 1 is 1.32 bits per heavy atom. The van der Waals surface area contributed by atoms with Crippen molar-refractivity contribution in [3.05, 3.63) is 45.7 Å². The van der Waals surface area contributed by atoms with Crippen LogP contribution in [0.15, 0.2) is 22.6 Å². The zero-order valence-electron chi connectivity index (χ0n) is 15.8. The summed E-state index contributed by atoms with van der Waals surface area (Å²) >= 11 is 6.75. The van der Waals surface area contributed by atoms with Crippen LogP contribution in [-0.2, 0) is 22.4 Å². The third kappa shape index (κ3) is 4.88. The van der Waals surface area contributed by atoms with E-state index in [-0.39, 0.29) is 17.0 Å². The van der Waals surface area contributed by atoms with Gasteiger partial charge >= 0.3 is 5.97 Å². The second kappa shape index (κ2) is 9.16. The number of anilines is 1. The van der Waals surface area contributed by atoms with Gasteiger partial charge in [0.2, 0.25) is 5.91 Å². The third-order valence-corrected chi connectivity index (χ3v) is 5.69. The molecule has 8 heteroatoms. The number of thiocarbonyl (C=S) groups is 1. The van der Waals surface area contributed by atoms with E-state index in [1.807, 2.05) is 13.0 Å². The number of thiophene rings is 1. The third-order valence-electron chi connectivity index (χ3n) is 4.27. The number of furan rings is 1. The summed E-state index contributed by atoms with van der Waals surface area (Å²) in [4.78, 5) is 25.7. The van der Waals surface area contributed by atoms with Gasteiger partial charge in [-0.3, -0.25) is 10.1 Å². The Kier molecular flexibility index (Phi) is 6.64. The van der Waals surface area contributed by atoms with Gasteiger partial charge in [0, 0.05) is 11.0 Å². The molecule has 0 saturated heterocycles. The van der Waals surface area contributed by atoms with Gasteiger partial charge in [0.1, 0.15) is 16.5 Å². The maximum absolute atomic E-state index is 12.5. The first-order chi connectivity index (χ1) is 13.5. The molecular weight excluding hydrogens is 396 g/mol. The van der Waals surface area contributed by atoms with Crippen LogP contribution < -0.4 is 10.6 Å². The minimum absolute atomic E-state index is 0.134. The number of ether oxygens (including phenoxy) is 1. The Morgan fingerprint density at radius 3 is 2.82 bits per heavy atom. The van der Waals surface area contributed by atoms with Crippen molar-refractivity contribution in [1.82, 2.24) is 5.32 Å². The molecule has 0 fully saturated rings. The van der Waals surface area contributed by atoms with Crippen molar-refractivity contribution in [1.29, 1.82) is 0 Å². The molecule has 0 bridgehead atoms. The van der Waals surface area contributed by atoms with Crippen LogP contribution in [0.3, 0.4) is 0 Å². The average molecular weight is 419 g/mol. The number of esters is 1. The smallest absolute Gasteiger partial charge is 0.341 e. The van der Waals surface area contributed by atoms with E-state index in [1.165, 1.54) is 22.3 Å². The van der Waals surface area contributed by atoms with Crippen LogP contribution in [0.25, 0.3) is 6.08 Å². The zero-order chi connectivity index (χ0) is 20.1. The van der Waals surface area contributed by atoms with Crippen LogP contribution >= 0.6 is 23.6 Å². The molecule has 2 heterocycles. The fourth-order valence-corrected chi connectivity index (χ4v) is 4.61. The Hall–Kier alpha value is -2.45. The molecule has 2 aromatic rings. The molecule has 2 N–H and O–H groups in total. The summed E-state index contributed by atoms with van der Waals surface area (Å²) in [5.74, 6) is 0.615. The summed E-state index contributed by atoms with van der Waals surface area (Å²) < 4.78 is 10.6. The van der Waals surface area contributed by atoms with Crippen molar-refractivity contribution in [2.75, 3.05) is 11.9 Å². The number of aryl methyl sites for hydroxylation is 2. The van der Waals surface area contributed by atoms with Gasteiger partial charge in [0.25, 0.3) is 0 Å². The highest BCUT2D eigenvalue weighted by atomic mass is 32.1. The van der Waals surface area contributed by atoms with E-state index in [0.29, 0.717) is 22.9 Å². The molecule has 28 heavy (non-hydrogen) atoms. The molecule has 1 aliphatic carbocycles. The molecule has 1 amide bonds. The first-order valence-electron chi connectivity index (χ1n) is 9.16. The highest BCUT2D eigenvalue weighted by molar-refractivity contribution is 7.80. The van der Waals surface area contributed by atoms with Crippen molar-refractivity contribution in [2.45, 2.75) is 39.5 Å². The number of rotatable bonds is 5. The highest BCUT2D eigenvalue weighted by Crippen LogP contribution is 2.38. The predicted octanol–water partition coefficient (Wildman–Crippen LogP) is 4.23. The topological polar surface area (TPSA) is 80.6 Å². The number of amides is 1. The monoisotopic (exact) mass is 418 g/mol. The first kappa shape index (κ1) is 20.3. The molecule has 0 atom stereocenters. The van der Waals surface area contributed by atoms with Crippen molar-refractivity contribution in [3.63, 3.8) is 0 Å². The Morgan fingerprint density at radius 2 is 2.11 bits per heavy atom. The van der Waals surface area contributed by atoms with E-state index < -0.39 is 0 Å². The van der Waals surface area contributed by atoms with E-state index in [9.17, 15) is 9.59 Å². The summed E-state index contributed by atoms with van der Waals surface area (Å²) in [6.45, 7) is 3.92. The Bertz CT molecular complexity index is 927. The minimum Gasteiger partial charge on any atom is -0.462 e. The molecule has 6 nitrogen and oxygen atoms in total. The molecule has 0 saturated carbocycles. The number of hydrogen-bond acceptors (Lipinski definition) is 6. The van der Waals surface area contributed by atoms with E-state index in [2.05, 4.69) is 10.6 Å². The largest absolute Gasteiger partial charge is 0.462 e. The minimum atomic E-state index is -0.384. The van der Waals surface area contributed by atoms with Crippen molar-refractivity contribution >= 4 is 51.6 Å². The van der Waals surface area contributed by atoms with Gasteiger partial charge in [-0.15, -0.1) is 11.3 Å². The van der Waals surface area contributed by atoms with Gasteiger partial charge in [0.15, 0.2) is 5.11 Å². The van der Waals surface area contributed by atoms with E-state index in [4.69, 9.17) is 21.4 Å². The van der Waals surface area contributed by atoms with Crippen molar-refractivity contribution in [3.8, 4) is 0 Å². The SMILES string of the molecule is CCOC(=O)c1c(NC(=S)NC(=O)/C=C/c2ccc(C)o2)sc2c1CCCC2. The maximum Gasteiger partial charge on any atom is 0.341 e. The van der Waals surface area contributed by atoms with Crippen LogP contribution in [-0.4, -0.2) is 23.6 Å². The lowest BCUT2D eigenvalue weighted by atomic mass is 9.95. The normalized spacial score (nSPS) is 13.2. The van der Waals surface area contributed by atoms with Crippen LogP contribution in [0.4, 0.5) is 5.00 Å². The fraction of sp³-hybridized carbons (Fsp3) is 0.350. The summed E-state index contributed by atoms with van der Waals surface area (Å²) in [5, 5.41) is 6.35. The molecule has 0 spiro atoms. The van der Waals surface area contributed by atoms with Gasteiger partial charge in [-0.1, -0.05) is 0 Å². The molecule has 0 aromatic carbocycles. The lowest BCUT2D eigenvalue weighted by molar-refractivity contribution is -0.115. The zero-order valence-corrected chi connectivity index (χ0v) is 17.4. The lowest BCUT2D eigenvalue weighted by Crippen LogP contribution is -2.33. The van der Waals surface area contributed by atoms with Gasteiger partial charge in [0.05, 0.1) is 12.2 Å². The molecule has 0 radical (unpaired) electrons. The van der Waals surface area contributed by atoms with Crippen LogP contribution in [0.2, 0.25) is 0 Å². The van der Waals surface area contributed by atoms with Gasteiger partial charge in [-0.05, 0) is 75.5 Å². The lowest BCUT2D eigenvalue weighted by Gasteiger charge is -2.12. The molecule has 3 rings (SSSR count). The van der Waals surface area contributed by atoms with Gasteiger partial charge in [-0.2, -0.15) is 0 Å². The summed E-state index contributed by atoms with van der Waals surface area (Å²) in [5.41, 5.74) is 1.58. The van der Waals surface area contributed by atoms with Gasteiger partial charge in [-0.25, -0.2) is 4.79 Å². The standard InChI is InChI=1S/C20H22N2O4S2/c1-3-25-19(24)17-14-6-4-5-7-15(14)28-18(17)22-20(27)21-16(23)11-10-13-9-8-12(2)26-13/h8-11H,3-7H2,1-2H3,(H2,21,22,23,27)/b11-10+. The molecule has 0 aliphatic heterocycles. The molecule has 0 unspecified atom stereocenters. The number of hydrogen-bond donors (Lipinski definition) is 2. The highest BCUT2D eigenvalue weighted by Gasteiger charge is 2.26. The van der Waals surface area contributed by atoms with Gasteiger partial charge < -0.3 is 14.5 Å². The maximum atomic E-state index is 12.5. The average Bonchev–Trinajstić information content (AvgIpc) is 3.22. The summed E-state index contributed by atoms with van der Waals surface area (Å²) in [6.07, 6.45) is 6.86. The van der Waals surface area contributed by atoms with Crippen LogP contribution in [0, 0.1) is 6.92 Å². The molecule has 1 aliphatic rings. The number of fused-ring (bicyclic) bond motifs is 1. The summed E-state index contributed by atoms with van der Waals surface area (Å²) in [7, 11) is 0. The number of nitrogens with one attached hydrogen (secondary N) is 2. The van der Waals surface area contributed by atoms with Crippen LogP contribution in [0.5, 0.6) is 0 Å². The quantitative estimate of drug-likeness (QED) is 0.430. The molecule has 148 valence electrons. The first-order valence-corrected chi connectivity index (χ1v) is 10.4. The second-order valence-electron chi connectivity index (χ2n) is 6.36. The Balaban J connectivity index is 1.69. The van der Waals surface area contributed by atoms with Crippen molar-refractivity contribution in [2.24, 2.45) is 0 Å². The number of carbonyl (C=O) groups is 2. The number of carbonyl (C=O) groups excluding carboxylic acids is 2. The summed E-state index contributed by atoms with van der Waals surface area (Å²) in [6, 6.07) is 3.59. The predicted molar refractivity (Wildman–Crippen MR) is 114 cm³/mol. The fourth-order valence-electron chi connectivity index (χ4n) is 3.06. The molecular formula is C20H22N2O4S2. The molecule has 2 aromatic heterocycles.